The normalized spacial score (nSPS) is 23.8. The molecule has 3 aromatic carbocycles. The number of hydrogen-bond donors (Lipinski definition) is 0. The molecule has 0 aromatic heterocycles. The van der Waals surface area contributed by atoms with E-state index < -0.39 is 5.83 Å². The second-order valence-corrected chi connectivity index (χ2v) is 12.0. The molecule has 2 heteroatoms. The molecule has 6 aliphatic rings. The first-order chi connectivity index (χ1) is 21.7. The van der Waals surface area contributed by atoms with Crippen molar-refractivity contribution in [2.45, 2.75) is 6.42 Å². The van der Waals surface area contributed by atoms with Crippen molar-refractivity contribution in [1.29, 1.82) is 0 Å². The van der Waals surface area contributed by atoms with Gasteiger partial charge in [-0.2, -0.15) is 4.39 Å². The van der Waals surface area contributed by atoms with E-state index in [4.69, 9.17) is 0 Å². The Morgan fingerprint density at radius 1 is 0.682 bits per heavy atom. The highest BCUT2D eigenvalue weighted by Gasteiger charge is 2.40. The van der Waals surface area contributed by atoms with Gasteiger partial charge < -0.3 is 0 Å². The van der Waals surface area contributed by atoms with E-state index in [1.807, 2.05) is 18.2 Å². The van der Waals surface area contributed by atoms with Gasteiger partial charge in [0.05, 0.1) is 0 Å². The van der Waals surface area contributed by atoms with Gasteiger partial charge in [0, 0.05) is 28.9 Å². The maximum atomic E-state index is 14.2. The van der Waals surface area contributed by atoms with Gasteiger partial charge in [-0.1, -0.05) is 109 Å². The van der Waals surface area contributed by atoms with Crippen molar-refractivity contribution in [3.8, 4) is 0 Å². The average Bonchev–Trinajstić information content (AvgIpc) is 3.40. The molecule has 0 N–H and O–H groups in total. The Labute approximate surface area is 255 Å². The molecule has 0 aliphatic heterocycles. The quantitative estimate of drug-likeness (QED) is 0.276. The van der Waals surface area contributed by atoms with Gasteiger partial charge in [0.25, 0.3) is 0 Å². The van der Waals surface area contributed by atoms with Crippen LogP contribution in [0.4, 0.5) is 8.78 Å². The third-order valence-electron chi connectivity index (χ3n) is 9.69. The van der Waals surface area contributed by atoms with Crippen LogP contribution >= 0.6 is 0 Å². The third-order valence-corrected chi connectivity index (χ3v) is 9.69. The summed E-state index contributed by atoms with van der Waals surface area (Å²) < 4.78 is 28.3. The molecule has 0 radical (unpaired) electrons. The fraction of sp³-hybridized carbons (Fsp3) is 0.0952. The Morgan fingerprint density at radius 3 is 2.34 bits per heavy atom. The molecule has 208 valence electrons. The minimum Gasteiger partial charge on any atom is -0.207 e. The second kappa shape index (κ2) is 9.63. The first kappa shape index (κ1) is 25.3. The summed E-state index contributed by atoms with van der Waals surface area (Å²) in [5.41, 5.74) is 18.2. The number of rotatable bonds is 3. The lowest BCUT2D eigenvalue weighted by Crippen LogP contribution is -2.18. The summed E-state index contributed by atoms with van der Waals surface area (Å²) in [6.45, 7) is 0. The number of halogens is 2. The lowest BCUT2D eigenvalue weighted by atomic mass is 9.68. The van der Waals surface area contributed by atoms with Crippen LogP contribution in [0.2, 0.25) is 0 Å². The van der Waals surface area contributed by atoms with E-state index in [1.54, 1.807) is 12.1 Å². The van der Waals surface area contributed by atoms with Gasteiger partial charge >= 0.3 is 0 Å². The second-order valence-electron chi connectivity index (χ2n) is 12.0. The SMILES string of the molecule is FC1=C=C=C(C2=C3C(=C(c4ccc(F)cc4)C4CC=CC=C24)c2ccc(C4=CC5C=CC=CC5C=C4)c4cccc3c24)C=C1. The summed E-state index contributed by atoms with van der Waals surface area (Å²) in [5.74, 6) is 0.138. The van der Waals surface area contributed by atoms with Gasteiger partial charge in [0.2, 0.25) is 0 Å². The summed E-state index contributed by atoms with van der Waals surface area (Å²) in [6.07, 6.45) is 26.4. The predicted octanol–water partition coefficient (Wildman–Crippen LogP) is 10.6. The molecule has 0 saturated carbocycles. The first-order valence-electron chi connectivity index (χ1n) is 15.2. The van der Waals surface area contributed by atoms with Crippen molar-refractivity contribution in [1.82, 2.24) is 0 Å². The monoisotopic (exact) mass is 568 g/mol. The molecular weight excluding hydrogens is 542 g/mol. The number of fused-ring (bicyclic) bond motifs is 5. The van der Waals surface area contributed by atoms with E-state index in [1.165, 1.54) is 50.3 Å². The summed E-state index contributed by atoms with van der Waals surface area (Å²) in [4.78, 5) is 0. The molecule has 3 aromatic rings. The van der Waals surface area contributed by atoms with Crippen LogP contribution < -0.4 is 0 Å². The molecule has 3 atom stereocenters. The van der Waals surface area contributed by atoms with Crippen LogP contribution in [-0.2, 0) is 0 Å². The summed E-state index contributed by atoms with van der Waals surface area (Å²) in [5, 5.41) is 2.43. The van der Waals surface area contributed by atoms with E-state index in [0.717, 1.165) is 34.3 Å². The summed E-state index contributed by atoms with van der Waals surface area (Å²) >= 11 is 0. The molecule has 0 spiro atoms. The van der Waals surface area contributed by atoms with E-state index in [0.29, 0.717) is 11.8 Å². The zero-order chi connectivity index (χ0) is 29.4. The van der Waals surface area contributed by atoms with Crippen LogP contribution in [0.3, 0.4) is 0 Å². The Bertz CT molecular complexity index is 2220. The number of allylic oxidation sites excluding steroid dienone is 20. The zero-order valence-corrected chi connectivity index (χ0v) is 23.8. The first-order valence-corrected chi connectivity index (χ1v) is 15.2. The van der Waals surface area contributed by atoms with Gasteiger partial charge in [-0.15, -0.1) is 0 Å². The molecule has 0 nitrogen and oxygen atoms in total. The molecule has 9 rings (SSSR count). The molecule has 44 heavy (non-hydrogen) atoms. The zero-order valence-electron chi connectivity index (χ0n) is 23.8. The minimum atomic E-state index is -0.423. The molecule has 0 fully saturated rings. The molecule has 0 bridgehead atoms. The maximum absolute atomic E-state index is 14.2. The third kappa shape index (κ3) is 3.69. The van der Waals surface area contributed by atoms with Gasteiger partial charge in [0.1, 0.15) is 5.82 Å². The van der Waals surface area contributed by atoms with Crippen LogP contribution in [0.15, 0.2) is 162 Å². The van der Waals surface area contributed by atoms with Crippen molar-refractivity contribution < 1.29 is 8.78 Å². The van der Waals surface area contributed by atoms with Crippen molar-refractivity contribution in [2.24, 2.45) is 17.8 Å². The minimum absolute atomic E-state index is 0.0637. The van der Waals surface area contributed by atoms with Crippen LogP contribution in [0.5, 0.6) is 0 Å². The number of benzene rings is 3. The van der Waals surface area contributed by atoms with Crippen LogP contribution in [0, 0.1) is 23.6 Å². The molecule has 6 aliphatic carbocycles. The lowest BCUT2D eigenvalue weighted by Gasteiger charge is -2.35. The molecule has 0 heterocycles. The van der Waals surface area contributed by atoms with E-state index in [2.05, 4.69) is 103 Å². The Hall–Kier alpha value is -5.26. The summed E-state index contributed by atoms with van der Waals surface area (Å²) in [6, 6.07) is 18.1. The van der Waals surface area contributed by atoms with Crippen molar-refractivity contribution >= 4 is 33.1 Å². The number of hydrogen-bond acceptors (Lipinski definition) is 0. The Balaban J connectivity index is 1.38. The fourth-order valence-corrected chi connectivity index (χ4v) is 7.80. The van der Waals surface area contributed by atoms with Gasteiger partial charge in [-0.05, 0) is 97.3 Å². The Kier molecular flexibility index (Phi) is 5.53. The van der Waals surface area contributed by atoms with E-state index in [9.17, 15) is 8.78 Å². The smallest absolute Gasteiger partial charge is 0.173 e. The molecular formula is C42H26F2. The lowest BCUT2D eigenvalue weighted by molar-refractivity contribution is 0.627. The topological polar surface area (TPSA) is 0 Å². The van der Waals surface area contributed by atoms with Crippen molar-refractivity contribution in [2.75, 3.05) is 0 Å². The molecule has 3 unspecified atom stereocenters. The summed E-state index contributed by atoms with van der Waals surface area (Å²) in [7, 11) is 0. The van der Waals surface area contributed by atoms with E-state index in [-0.39, 0.29) is 11.7 Å². The standard InChI is InChI=1S/C42H26F2/c43-30-18-14-26(15-19-30)38-34-8-3-4-9-35(34)39(27-16-20-31(44)21-17-27)42-37-23-22-32(33-10-5-11-36(40(33)37)41(38)42)29-13-12-25-6-1-2-7-28(25)24-29/h1-8,10-14,16-18,20-25,28,35H,9H2. The van der Waals surface area contributed by atoms with E-state index >= 15 is 0 Å². The highest BCUT2D eigenvalue weighted by atomic mass is 19.1. The van der Waals surface area contributed by atoms with Gasteiger partial charge in [0.15, 0.2) is 5.83 Å². The maximum Gasteiger partial charge on any atom is 0.173 e. The van der Waals surface area contributed by atoms with Crippen LogP contribution in [-0.4, -0.2) is 0 Å². The average molecular weight is 569 g/mol. The molecule has 0 saturated heterocycles. The van der Waals surface area contributed by atoms with Crippen molar-refractivity contribution in [3.05, 3.63) is 190 Å². The highest BCUT2D eigenvalue weighted by Crippen LogP contribution is 2.60. The predicted molar refractivity (Wildman–Crippen MR) is 176 cm³/mol. The van der Waals surface area contributed by atoms with Crippen LogP contribution in [0.25, 0.3) is 33.1 Å². The van der Waals surface area contributed by atoms with Crippen LogP contribution in [0.1, 0.15) is 28.7 Å². The van der Waals surface area contributed by atoms with Gasteiger partial charge in [-0.3, -0.25) is 0 Å². The van der Waals surface area contributed by atoms with Gasteiger partial charge in [-0.25, -0.2) is 4.39 Å². The Morgan fingerprint density at radius 2 is 1.50 bits per heavy atom. The highest BCUT2D eigenvalue weighted by molar-refractivity contribution is 6.31. The van der Waals surface area contributed by atoms with Crippen molar-refractivity contribution in [3.63, 3.8) is 0 Å². The fourth-order valence-electron chi connectivity index (χ4n) is 7.80. The largest absolute Gasteiger partial charge is 0.207 e. The molecule has 0 amide bonds.